The second-order valence-electron chi connectivity index (χ2n) is 5.45. The topological polar surface area (TPSA) is 61.9 Å². The molecule has 0 aromatic heterocycles. The van der Waals surface area contributed by atoms with Crippen molar-refractivity contribution in [1.29, 1.82) is 0 Å². The Labute approximate surface area is 137 Å². The second-order valence-corrected chi connectivity index (χ2v) is 5.45. The number of amides is 2. The number of carbonyl (C=O) groups is 2. The van der Waals surface area contributed by atoms with Gasteiger partial charge in [-0.15, -0.1) is 0 Å². The number of nitrogens with zero attached hydrogens (tertiary/aromatic N) is 2. The zero-order valence-electron chi connectivity index (χ0n) is 13.7. The molecular formula is C17H25N3O3. The number of rotatable bonds is 6. The van der Waals surface area contributed by atoms with Gasteiger partial charge < -0.3 is 19.9 Å². The summed E-state index contributed by atoms with van der Waals surface area (Å²) < 4.78 is 4.85. The number of hydrogen-bond acceptors (Lipinski definition) is 4. The van der Waals surface area contributed by atoms with E-state index >= 15 is 0 Å². The van der Waals surface area contributed by atoms with Crippen molar-refractivity contribution >= 4 is 17.7 Å². The van der Waals surface area contributed by atoms with Crippen LogP contribution in [0.3, 0.4) is 0 Å². The van der Waals surface area contributed by atoms with Gasteiger partial charge in [0, 0.05) is 44.8 Å². The highest BCUT2D eigenvalue weighted by atomic mass is 16.5. The van der Waals surface area contributed by atoms with Gasteiger partial charge in [-0.25, -0.2) is 4.79 Å². The number of piperazine rings is 1. The maximum absolute atomic E-state index is 12.1. The molecule has 1 N–H and O–H groups in total. The number of carbonyl (C=O) groups excluding carboxylic acids is 2. The van der Waals surface area contributed by atoms with Crippen molar-refractivity contribution < 1.29 is 14.3 Å². The van der Waals surface area contributed by atoms with Crippen LogP contribution in [0.15, 0.2) is 30.3 Å². The van der Waals surface area contributed by atoms with Crippen LogP contribution in [-0.4, -0.2) is 56.2 Å². The largest absolute Gasteiger partial charge is 0.466 e. The average Bonchev–Trinajstić information content (AvgIpc) is 2.60. The van der Waals surface area contributed by atoms with E-state index in [1.54, 1.807) is 6.92 Å². The lowest BCUT2D eigenvalue weighted by molar-refractivity contribution is -0.143. The third-order valence-corrected chi connectivity index (χ3v) is 3.83. The molecule has 6 heteroatoms. The molecule has 1 heterocycles. The molecule has 0 spiro atoms. The molecule has 0 saturated carbocycles. The Hall–Kier alpha value is -2.24. The highest BCUT2D eigenvalue weighted by molar-refractivity contribution is 5.74. The van der Waals surface area contributed by atoms with Crippen molar-refractivity contribution in [2.45, 2.75) is 19.8 Å². The van der Waals surface area contributed by atoms with Gasteiger partial charge in [-0.3, -0.25) is 4.79 Å². The quantitative estimate of drug-likeness (QED) is 0.642. The maximum atomic E-state index is 12.1. The van der Waals surface area contributed by atoms with Gasteiger partial charge >= 0.3 is 12.0 Å². The van der Waals surface area contributed by atoms with Crippen molar-refractivity contribution in [2.24, 2.45) is 0 Å². The fourth-order valence-corrected chi connectivity index (χ4v) is 2.58. The summed E-state index contributed by atoms with van der Waals surface area (Å²) in [4.78, 5) is 27.4. The number of benzene rings is 1. The minimum absolute atomic E-state index is 0.0541. The Morgan fingerprint density at radius 1 is 1.13 bits per heavy atom. The summed E-state index contributed by atoms with van der Waals surface area (Å²) in [6.07, 6.45) is 0.949. The summed E-state index contributed by atoms with van der Waals surface area (Å²) in [7, 11) is 0. The second kappa shape index (κ2) is 9.02. The van der Waals surface area contributed by atoms with Crippen LogP contribution in [0.2, 0.25) is 0 Å². The number of esters is 1. The molecule has 1 aliphatic heterocycles. The highest BCUT2D eigenvalue weighted by Gasteiger charge is 2.20. The molecule has 6 nitrogen and oxygen atoms in total. The van der Waals surface area contributed by atoms with Crippen LogP contribution in [0, 0.1) is 0 Å². The van der Waals surface area contributed by atoms with E-state index in [2.05, 4.69) is 22.3 Å². The smallest absolute Gasteiger partial charge is 0.317 e. The number of anilines is 1. The van der Waals surface area contributed by atoms with E-state index in [-0.39, 0.29) is 12.0 Å². The van der Waals surface area contributed by atoms with E-state index in [1.165, 1.54) is 5.69 Å². The van der Waals surface area contributed by atoms with Crippen LogP contribution in [0.5, 0.6) is 0 Å². The molecule has 1 aromatic carbocycles. The van der Waals surface area contributed by atoms with Crippen LogP contribution in [0.4, 0.5) is 10.5 Å². The summed E-state index contributed by atoms with van der Waals surface area (Å²) in [6.45, 7) is 5.76. The van der Waals surface area contributed by atoms with Gasteiger partial charge in [-0.05, 0) is 25.5 Å². The van der Waals surface area contributed by atoms with Gasteiger partial charge in [0.05, 0.1) is 6.61 Å². The van der Waals surface area contributed by atoms with E-state index < -0.39 is 0 Å². The summed E-state index contributed by atoms with van der Waals surface area (Å²) in [6, 6.07) is 10.2. The zero-order chi connectivity index (χ0) is 16.5. The first-order valence-corrected chi connectivity index (χ1v) is 8.19. The van der Waals surface area contributed by atoms with Gasteiger partial charge in [0.15, 0.2) is 0 Å². The molecule has 1 aromatic rings. The van der Waals surface area contributed by atoms with Crippen LogP contribution >= 0.6 is 0 Å². The van der Waals surface area contributed by atoms with Gasteiger partial charge in [-0.2, -0.15) is 0 Å². The normalized spacial score (nSPS) is 14.5. The van der Waals surface area contributed by atoms with Crippen molar-refractivity contribution in [2.75, 3.05) is 44.2 Å². The van der Waals surface area contributed by atoms with Gasteiger partial charge in [-0.1, -0.05) is 18.2 Å². The third-order valence-electron chi connectivity index (χ3n) is 3.83. The lowest BCUT2D eigenvalue weighted by Crippen LogP contribution is -2.52. The molecule has 1 saturated heterocycles. The first kappa shape index (κ1) is 17.1. The Bertz CT molecular complexity index is 499. The first-order valence-electron chi connectivity index (χ1n) is 8.19. The number of urea groups is 1. The lowest BCUT2D eigenvalue weighted by Gasteiger charge is -2.36. The van der Waals surface area contributed by atoms with Gasteiger partial charge in [0.25, 0.3) is 0 Å². The van der Waals surface area contributed by atoms with Gasteiger partial charge in [0.1, 0.15) is 0 Å². The molecule has 1 aliphatic rings. The van der Waals surface area contributed by atoms with Crippen LogP contribution in [0.25, 0.3) is 0 Å². The van der Waals surface area contributed by atoms with Crippen LogP contribution < -0.4 is 10.2 Å². The standard InChI is InChI=1S/C17H25N3O3/c1-2-23-16(21)9-6-10-18-17(22)20-13-11-19(12-14-20)15-7-4-3-5-8-15/h3-5,7-8H,2,6,9-14H2,1H3,(H,18,22). The van der Waals surface area contributed by atoms with Gasteiger partial charge in [0.2, 0.25) is 0 Å². The number of nitrogens with one attached hydrogen (secondary N) is 1. The molecule has 0 bridgehead atoms. The van der Waals surface area contributed by atoms with Crippen LogP contribution in [-0.2, 0) is 9.53 Å². The maximum Gasteiger partial charge on any atom is 0.317 e. The fraction of sp³-hybridized carbons (Fsp3) is 0.529. The highest BCUT2D eigenvalue weighted by Crippen LogP contribution is 2.15. The Morgan fingerprint density at radius 3 is 2.48 bits per heavy atom. The molecular weight excluding hydrogens is 294 g/mol. The van der Waals surface area contributed by atoms with E-state index in [9.17, 15) is 9.59 Å². The molecule has 23 heavy (non-hydrogen) atoms. The average molecular weight is 319 g/mol. The molecule has 0 aliphatic carbocycles. The molecule has 2 rings (SSSR count). The summed E-state index contributed by atoms with van der Waals surface area (Å²) in [5.41, 5.74) is 1.20. The molecule has 0 atom stereocenters. The van der Waals surface area contributed by atoms with Crippen LogP contribution in [0.1, 0.15) is 19.8 Å². The summed E-state index contributed by atoms with van der Waals surface area (Å²) >= 11 is 0. The van der Waals surface area contributed by atoms with E-state index in [4.69, 9.17) is 4.74 Å². The summed E-state index contributed by atoms with van der Waals surface area (Å²) in [5.74, 6) is -0.210. The lowest BCUT2D eigenvalue weighted by atomic mass is 10.2. The molecule has 2 amide bonds. The predicted molar refractivity (Wildman–Crippen MR) is 89.5 cm³/mol. The minimum atomic E-state index is -0.210. The van der Waals surface area contributed by atoms with E-state index in [1.807, 2.05) is 23.1 Å². The Balaban J connectivity index is 1.65. The molecule has 1 fully saturated rings. The van der Waals surface area contributed by atoms with Crippen molar-refractivity contribution in [3.05, 3.63) is 30.3 Å². The van der Waals surface area contributed by atoms with Crippen molar-refractivity contribution in [3.8, 4) is 0 Å². The number of para-hydroxylation sites is 1. The minimum Gasteiger partial charge on any atom is -0.466 e. The molecule has 0 unspecified atom stereocenters. The van der Waals surface area contributed by atoms with E-state index in [0.29, 0.717) is 39.1 Å². The fourth-order valence-electron chi connectivity index (χ4n) is 2.58. The Kier molecular flexibility index (Phi) is 6.72. The summed E-state index contributed by atoms with van der Waals surface area (Å²) in [5, 5.41) is 2.87. The molecule has 126 valence electrons. The SMILES string of the molecule is CCOC(=O)CCCNC(=O)N1CCN(c2ccccc2)CC1. The van der Waals surface area contributed by atoms with E-state index in [0.717, 1.165) is 13.1 Å². The molecule has 0 radical (unpaired) electrons. The monoisotopic (exact) mass is 319 g/mol. The Morgan fingerprint density at radius 2 is 1.83 bits per heavy atom. The zero-order valence-corrected chi connectivity index (χ0v) is 13.7. The van der Waals surface area contributed by atoms with Crippen molar-refractivity contribution in [1.82, 2.24) is 10.2 Å². The number of hydrogen-bond donors (Lipinski definition) is 1. The third kappa shape index (κ3) is 5.47. The van der Waals surface area contributed by atoms with Crippen molar-refractivity contribution in [3.63, 3.8) is 0 Å². The predicted octanol–water partition coefficient (Wildman–Crippen LogP) is 1.86. The number of ether oxygens (including phenoxy) is 1. The first-order chi connectivity index (χ1) is 11.2.